The number of hydrogen-bond acceptors (Lipinski definition) is 2. The van der Waals surface area contributed by atoms with Crippen molar-refractivity contribution in [1.82, 2.24) is 0 Å². The predicted molar refractivity (Wildman–Crippen MR) is 50.0 cm³/mol. The van der Waals surface area contributed by atoms with E-state index in [1.54, 1.807) is 6.08 Å². The minimum atomic E-state index is 0.277. The zero-order valence-corrected chi connectivity index (χ0v) is 7.73. The Morgan fingerprint density at radius 2 is 2.36 bits per heavy atom. The van der Waals surface area contributed by atoms with Crippen LogP contribution in [-0.4, -0.2) is 11.0 Å². The molecular formula is C9H14OS. The molecule has 1 nitrogen and oxygen atoms in total. The average molecular weight is 170 g/mol. The van der Waals surface area contributed by atoms with Gasteiger partial charge < -0.3 is 0 Å². The monoisotopic (exact) mass is 170 g/mol. The molecule has 0 amide bonds. The number of hydrogen-bond donors (Lipinski definition) is 1. The second-order valence-electron chi connectivity index (χ2n) is 2.96. The van der Waals surface area contributed by atoms with Gasteiger partial charge in [-0.25, -0.2) is 0 Å². The Balaban J connectivity index is 2.62. The van der Waals surface area contributed by atoms with Crippen LogP contribution < -0.4 is 0 Å². The highest BCUT2D eigenvalue weighted by atomic mass is 32.1. The SMILES string of the molecule is CCC(S)C1=CC(=O)CCC1. The van der Waals surface area contributed by atoms with Crippen LogP contribution in [0.2, 0.25) is 0 Å². The van der Waals surface area contributed by atoms with Crippen LogP contribution >= 0.6 is 12.6 Å². The Labute approximate surface area is 73.3 Å². The van der Waals surface area contributed by atoms with Crippen molar-refractivity contribution in [2.45, 2.75) is 37.9 Å². The molecule has 11 heavy (non-hydrogen) atoms. The topological polar surface area (TPSA) is 17.1 Å². The molecule has 1 atom stereocenters. The molecule has 0 saturated heterocycles. The summed E-state index contributed by atoms with van der Waals surface area (Å²) in [6, 6.07) is 0. The molecule has 62 valence electrons. The van der Waals surface area contributed by atoms with E-state index >= 15 is 0 Å². The van der Waals surface area contributed by atoms with Gasteiger partial charge in [-0.15, -0.1) is 0 Å². The van der Waals surface area contributed by atoms with Crippen LogP contribution in [0.1, 0.15) is 32.6 Å². The van der Waals surface area contributed by atoms with Crippen molar-refractivity contribution in [2.24, 2.45) is 0 Å². The van der Waals surface area contributed by atoms with Crippen LogP contribution in [0.4, 0.5) is 0 Å². The molecule has 0 bridgehead atoms. The molecule has 0 heterocycles. The molecule has 0 N–H and O–H groups in total. The van der Waals surface area contributed by atoms with E-state index in [2.05, 4.69) is 19.6 Å². The lowest BCUT2D eigenvalue weighted by molar-refractivity contribution is -0.115. The first kappa shape index (κ1) is 8.85. The van der Waals surface area contributed by atoms with Crippen molar-refractivity contribution >= 4 is 18.4 Å². The van der Waals surface area contributed by atoms with Gasteiger partial charge in [-0.05, 0) is 25.3 Å². The molecule has 0 aromatic carbocycles. The number of carbonyl (C=O) groups is 1. The molecule has 0 saturated carbocycles. The number of thiol groups is 1. The average Bonchev–Trinajstić information content (AvgIpc) is 2.03. The van der Waals surface area contributed by atoms with Gasteiger partial charge in [-0.2, -0.15) is 12.6 Å². The van der Waals surface area contributed by atoms with Crippen molar-refractivity contribution in [3.05, 3.63) is 11.6 Å². The molecule has 0 aromatic heterocycles. The molecule has 0 spiro atoms. The molecular weight excluding hydrogens is 156 g/mol. The summed E-state index contributed by atoms with van der Waals surface area (Å²) in [7, 11) is 0. The van der Waals surface area contributed by atoms with Crippen molar-refractivity contribution in [1.29, 1.82) is 0 Å². The first-order chi connectivity index (χ1) is 5.24. The van der Waals surface area contributed by atoms with E-state index in [4.69, 9.17) is 0 Å². The van der Waals surface area contributed by atoms with Crippen molar-refractivity contribution in [3.63, 3.8) is 0 Å². The standard InChI is InChI=1S/C9H14OS/c1-2-9(11)7-4-3-5-8(10)6-7/h6,9,11H,2-5H2,1H3. The van der Waals surface area contributed by atoms with Crippen LogP contribution in [-0.2, 0) is 4.79 Å². The van der Waals surface area contributed by atoms with Crippen LogP contribution in [0.3, 0.4) is 0 Å². The van der Waals surface area contributed by atoms with Crippen LogP contribution in [0.5, 0.6) is 0 Å². The zero-order chi connectivity index (χ0) is 8.27. The van der Waals surface area contributed by atoms with Gasteiger partial charge in [-0.3, -0.25) is 4.79 Å². The largest absolute Gasteiger partial charge is 0.295 e. The fourth-order valence-electron chi connectivity index (χ4n) is 1.34. The Morgan fingerprint density at radius 3 is 2.91 bits per heavy atom. The number of carbonyl (C=O) groups excluding carboxylic acids is 1. The van der Waals surface area contributed by atoms with E-state index in [-0.39, 0.29) is 5.78 Å². The van der Waals surface area contributed by atoms with Crippen LogP contribution in [0, 0.1) is 0 Å². The summed E-state index contributed by atoms with van der Waals surface area (Å²) in [5, 5.41) is 0.305. The molecule has 1 aliphatic rings. The molecule has 1 aliphatic carbocycles. The summed E-state index contributed by atoms with van der Waals surface area (Å²) in [4.78, 5) is 11.0. The van der Waals surface area contributed by atoms with E-state index in [0.717, 1.165) is 25.7 Å². The summed E-state index contributed by atoms with van der Waals surface area (Å²) in [6.45, 7) is 2.09. The maximum absolute atomic E-state index is 11.0. The second-order valence-corrected chi connectivity index (χ2v) is 3.59. The lowest BCUT2D eigenvalue weighted by Crippen LogP contribution is -2.10. The highest BCUT2D eigenvalue weighted by molar-refractivity contribution is 7.81. The molecule has 0 radical (unpaired) electrons. The molecule has 0 aliphatic heterocycles. The third-order valence-corrected chi connectivity index (χ3v) is 2.75. The third-order valence-electron chi connectivity index (χ3n) is 2.05. The quantitative estimate of drug-likeness (QED) is 0.630. The lowest BCUT2D eigenvalue weighted by atomic mass is 9.95. The van der Waals surface area contributed by atoms with Crippen LogP contribution in [0.15, 0.2) is 11.6 Å². The van der Waals surface area contributed by atoms with E-state index in [1.165, 1.54) is 5.57 Å². The molecule has 0 aromatic rings. The summed E-state index contributed by atoms with van der Waals surface area (Å²) in [5.41, 5.74) is 1.23. The fraction of sp³-hybridized carbons (Fsp3) is 0.667. The molecule has 1 rings (SSSR count). The van der Waals surface area contributed by atoms with Crippen molar-refractivity contribution in [3.8, 4) is 0 Å². The summed E-state index contributed by atoms with van der Waals surface area (Å²) < 4.78 is 0. The fourth-order valence-corrected chi connectivity index (χ4v) is 1.55. The van der Waals surface area contributed by atoms with Gasteiger partial charge in [0.25, 0.3) is 0 Å². The van der Waals surface area contributed by atoms with E-state index in [1.807, 2.05) is 0 Å². The van der Waals surface area contributed by atoms with Crippen molar-refractivity contribution < 1.29 is 4.79 Å². The first-order valence-corrected chi connectivity index (χ1v) is 4.67. The summed E-state index contributed by atoms with van der Waals surface area (Å²) in [6.07, 6.45) is 5.61. The molecule has 1 unspecified atom stereocenters. The predicted octanol–water partition coefficient (Wildman–Crippen LogP) is 2.37. The lowest BCUT2D eigenvalue weighted by Gasteiger charge is -2.16. The van der Waals surface area contributed by atoms with Gasteiger partial charge in [0.05, 0.1) is 0 Å². The minimum Gasteiger partial charge on any atom is -0.295 e. The highest BCUT2D eigenvalue weighted by Gasteiger charge is 2.14. The van der Waals surface area contributed by atoms with E-state index in [0.29, 0.717) is 5.25 Å². The summed E-state index contributed by atoms with van der Waals surface area (Å²) >= 11 is 4.39. The third kappa shape index (κ3) is 2.37. The summed E-state index contributed by atoms with van der Waals surface area (Å²) in [5.74, 6) is 0.277. The number of ketones is 1. The number of allylic oxidation sites excluding steroid dienone is 1. The van der Waals surface area contributed by atoms with Gasteiger partial charge in [0.1, 0.15) is 0 Å². The van der Waals surface area contributed by atoms with E-state index in [9.17, 15) is 4.79 Å². The van der Waals surface area contributed by atoms with Gasteiger partial charge in [0, 0.05) is 11.7 Å². The maximum Gasteiger partial charge on any atom is 0.155 e. The normalized spacial score (nSPS) is 21.3. The Hall–Kier alpha value is -0.240. The van der Waals surface area contributed by atoms with Gasteiger partial charge in [0.2, 0.25) is 0 Å². The Bertz CT molecular complexity index is 184. The van der Waals surface area contributed by atoms with Gasteiger partial charge in [0.15, 0.2) is 5.78 Å². The maximum atomic E-state index is 11.0. The first-order valence-electron chi connectivity index (χ1n) is 4.15. The molecule has 2 heteroatoms. The zero-order valence-electron chi connectivity index (χ0n) is 6.84. The Kier molecular flexibility index (Phi) is 3.18. The highest BCUT2D eigenvalue weighted by Crippen LogP contribution is 2.23. The van der Waals surface area contributed by atoms with Crippen LogP contribution in [0.25, 0.3) is 0 Å². The molecule has 0 fully saturated rings. The van der Waals surface area contributed by atoms with Gasteiger partial charge in [-0.1, -0.05) is 12.5 Å². The Morgan fingerprint density at radius 1 is 1.64 bits per heavy atom. The minimum absolute atomic E-state index is 0.277. The number of rotatable bonds is 2. The second kappa shape index (κ2) is 3.96. The smallest absolute Gasteiger partial charge is 0.155 e. The van der Waals surface area contributed by atoms with E-state index < -0.39 is 0 Å². The van der Waals surface area contributed by atoms with Crippen molar-refractivity contribution in [2.75, 3.05) is 0 Å². The van der Waals surface area contributed by atoms with Gasteiger partial charge >= 0.3 is 0 Å².